The van der Waals surface area contributed by atoms with Gasteiger partial charge in [-0.15, -0.1) is 0 Å². The largest absolute Gasteiger partial charge is 0.339 e. The quantitative estimate of drug-likeness (QED) is 0.672. The monoisotopic (exact) mass is 400 g/mol. The third kappa shape index (κ3) is 5.15. The van der Waals surface area contributed by atoms with Gasteiger partial charge in [0.1, 0.15) is 6.54 Å². The highest BCUT2D eigenvalue weighted by atomic mass is 16.2. The van der Waals surface area contributed by atoms with Crippen LogP contribution in [0.15, 0.2) is 24.3 Å². The van der Waals surface area contributed by atoms with Crippen LogP contribution in [0.3, 0.4) is 0 Å². The molecule has 3 rings (SSSR count). The van der Waals surface area contributed by atoms with Crippen LogP contribution in [0.4, 0.5) is 0 Å². The van der Waals surface area contributed by atoms with Crippen molar-refractivity contribution in [2.45, 2.75) is 33.2 Å². The van der Waals surface area contributed by atoms with Crippen LogP contribution in [-0.2, 0) is 20.9 Å². The molecule has 2 aliphatic rings. The SMILES string of the molecule is CCN1CCN(CC(=O)N2CCN(Cc3ccc(C(C)C)cc3)CC2)C(=O)C1=O. The Balaban J connectivity index is 1.46. The lowest BCUT2D eigenvalue weighted by Crippen LogP contribution is -2.57. The first kappa shape index (κ1) is 21.3. The van der Waals surface area contributed by atoms with Crippen molar-refractivity contribution in [2.24, 2.45) is 0 Å². The van der Waals surface area contributed by atoms with Gasteiger partial charge >= 0.3 is 11.8 Å². The van der Waals surface area contributed by atoms with Gasteiger partial charge in [-0.25, -0.2) is 0 Å². The van der Waals surface area contributed by atoms with Crippen molar-refractivity contribution in [3.8, 4) is 0 Å². The zero-order chi connectivity index (χ0) is 21.0. The van der Waals surface area contributed by atoms with Crippen LogP contribution < -0.4 is 0 Å². The molecule has 0 atom stereocenters. The summed E-state index contributed by atoms with van der Waals surface area (Å²) < 4.78 is 0. The summed E-state index contributed by atoms with van der Waals surface area (Å²) in [5.74, 6) is -0.599. The molecule has 1 aromatic carbocycles. The summed E-state index contributed by atoms with van der Waals surface area (Å²) in [4.78, 5) is 43.9. The van der Waals surface area contributed by atoms with Gasteiger partial charge in [0.15, 0.2) is 0 Å². The molecule has 2 aliphatic heterocycles. The molecule has 29 heavy (non-hydrogen) atoms. The fourth-order valence-electron chi connectivity index (χ4n) is 3.85. The third-order valence-electron chi connectivity index (χ3n) is 5.88. The maximum atomic E-state index is 12.6. The first-order valence-electron chi connectivity index (χ1n) is 10.6. The minimum atomic E-state index is -0.560. The second-order valence-corrected chi connectivity index (χ2v) is 8.16. The number of amides is 3. The smallest absolute Gasteiger partial charge is 0.312 e. The number of hydrogen-bond acceptors (Lipinski definition) is 4. The van der Waals surface area contributed by atoms with E-state index in [-0.39, 0.29) is 12.5 Å². The van der Waals surface area contributed by atoms with Gasteiger partial charge in [-0.1, -0.05) is 38.1 Å². The third-order valence-corrected chi connectivity index (χ3v) is 5.88. The maximum absolute atomic E-state index is 12.6. The zero-order valence-electron chi connectivity index (χ0n) is 17.8. The number of benzene rings is 1. The van der Waals surface area contributed by atoms with Crippen LogP contribution in [0, 0.1) is 0 Å². The molecule has 2 saturated heterocycles. The summed E-state index contributed by atoms with van der Waals surface area (Å²) in [6, 6.07) is 8.75. The lowest BCUT2D eigenvalue weighted by atomic mass is 10.0. The Morgan fingerprint density at radius 2 is 1.48 bits per heavy atom. The number of carbonyl (C=O) groups is 3. The van der Waals surface area contributed by atoms with Crippen molar-refractivity contribution in [3.63, 3.8) is 0 Å². The van der Waals surface area contributed by atoms with Crippen LogP contribution >= 0.6 is 0 Å². The highest BCUT2D eigenvalue weighted by Crippen LogP contribution is 2.16. The molecule has 0 N–H and O–H groups in total. The van der Waals surface area contributed by atoms with E-state index >= 15 is 0 Å². The molecule has 0 unspecified atom stereocenters. The van der Waals surface area contributed by atoms with E-state index in [0.717, 1.165) is 19.6 Å². The van der Waals surface area contributed by atoms with E-state index in [4.69, 9.17) is 0 Å². The molecule has 7 nitrogen and oxygen atoms in total. The van der Waals surface area contributed by atoms with E-state index in [9.17, 15) is 14.4 Å². The van der Waals surface area contributed by atoms with Crippen molar-refractivity contribution >= 4 is 17.7 Å². The van der Waals surface area contributed by atoms with Crippen LogP contribution in [-0.4, -0.2) is 89.7 Å². The molecule has 158 valence electrons. The van der Waals surface area contributed by atoms with Crippen molar-refractivity contribution in [1.82, 2.24) is 19.6 Å². The summed E-state index contributed by atoms with van der Waals surface area (Å²) >= 11 is 0. The Labute approximate surface area is 173 Å². The van der Waals surface area contributed by atoms with E-state index in [0.29, 0.717) is 38.6 Å². The molecule has 0 bridgehead atoms. The molecule has 0 aromatic heterocycles. The number of piperazine rings is 2. The van der Waals surface area contributed by atoms with Crippen LogP contribution in [0.5, 0.6) is 0 Å². The summed E-state index contributed by atoms with van der Waals surface area (Å²) in [6.07, 6.45) is 0. The average Bonchev–Trinajstić information content (AvgIpc) is 2.72. The summed E-state index contributed by atoms with van der Waals surface area (Å²) in [6.45, 7) is 11.5. The van der Waals surface area contributed by atoms with E-state index in [1.807, 2.05) is 11.8 Å². The fraction of sp³-hybridized carbons (Fsp3) is 0.591. The second kappa shape index (κ2) is 9.39. The number of carbonyl (C=O) groups excluding carboxylic acids is 3. The Hall–Kier alpha value is -2.41. The molecule has 0 aliphatic carbocycles. The number of rotatable bonds is 6. The van der Waals surface area contributed by atoms with Gasteiger partial charge in [0.05, 0.1) is 0 Å². The van der Waals surface area contributed by atoms with Gasteiger partial charge < -0.3 is 14.7 Å². The van der Waals surface area contributed by atoms with E-state index in [1.165, 1.54) is 20.9 Å². The highest BCUT2D eigenvalue weighted by molar-refractivity contribution is 6.35. The van der Waals surface area contributed by atoms with Gasteiger partial charge in [-0.3, -0.25) is 19.3 Å². The average molecular weight is 401 g/mol. The van der Waals surface area contributed by atoms with Crippen LogP contribution in [0.25, 0.3) is 0 Å². The Kier molecular flexibility index (Phi) is 6.90. The molecule has 0 spiro atoms. The van der Waals surface area contributed by atoms with Gasteiger partial charge in [0.25, 0.3) is 0 Å². The normalized spacial score (nSPS) is 18.7. The molecule has 0 radical (unpaired) electrons. The summed E-state index contributed by atoms with van der Waals surface area (Å²) in [5.41, 5.74) is 2.63. The van der Waals surface area contributed by atoms with E-state index in [1.54, 1.807) is 0 Å². The summed E-state index contributed by atoms with van der Waals surface area (Å²) in [5, 5.41) is 0. The topological polar surface area (TPSA) is 64.2 Å². The summed E-state index contributed by atoms with van der Waals surface area (Å²) in [7, 11) is 0. The van der Waals surface area contributed by atoms with Crippen molar-refractivity contribution < 1.29 is 14.4 Å². The second-order valence-electron chi connectivity index (χ2n) is 8.16. The Morgan fingerprint density at radius 1 is 0.897 bits per heavy atom. The van der Waals surface area contributed by atoms with E-state index < -0.39 is 11.8 Å². The standard InChI is InChI=1S/C22H32N4O3/c1-4-24-13-14-26(22(29)21(24)28)16-20(27)25-11-9-23(10-12-25)15-18-5-7-19(8-6-18)17(2)3/h5-8,17H,4,9-16H2,1-3H3. The molecule has 1 aromatic rings. The molecule has 0 saturated carbocycles. The lowest BCUT2D eigenvalue weighted by Gasteiger charge is -2.37. The fourth-order valence-corrected chi connectivity index (χ4v) is 3.85. The van der Waals surface area contributed by atoms with Crippen molar-refractivity contribution in [2.75, 3.05) is 52.4 Å². The number of nitrogens with zero attached hydrogens (tertiary/aromatic N) is 4. The van der Waals surface area contributed by atoms with E-state index in [2.05, 4.69) is 43.0 Å². The first-order chi connectivity index (χ1) is 13.9. The van der Waals surface area contributed by atoms with Crippen molar-refractivity contribution in [3.05, 3.63) is 35.4 Å². The lowest BCUT2D eigenvalue weighted by molar-refractivity contribution is -0.157. The Bertz CT molecular complexity index is 739. The van der Waals surface area contributed by atoms with Crippen LogP contribution in [0.1, 0.15) is 37.8 Å². The van der Waals surface area contributed by atoms with Gasteiger partial charge in [0, 0.05) is 52.4 Å². The maximum Gasteiger partial charge on any atom is 0.312 e. The minimum absolute atomic E-state index is 0.00120. The molecule has 7 heteroatoms. The number of hydrogen-bond donors (Lipinski definition) is 0. The van der Waals surface area contributed by atoms with Gasteiger partial charge in [-0.05, 0) is 24.0 Å². The van der Waals surface area contributed by atoms with Gasteiger partial charge in [0.2, 0.25) is 5.91 Å². The molecular weight excluding hydrogens is 368 g/mol. The predicted octanol–water partition coefficient (Wildman–Crippen LogP) is 1.14. The Morgan fingerprint density at radius 3 is 2.07 bits per heavy atom. The van der Waals surface area contributed by atoms with Crippen molar-refractivity contribution in [1.29, 1.82) is 0 Å². The van der Waals surface area contributed by atoms with Gasteiger partial charge in [-0.2, -0.15) is 0 Å². The number of likely N-dealkylation sites (N-methyl/N-ethyl adjacent to an activating group) is 1. The zero-order valence-corrected chi connectivity index (χ0v) is 17.8. The highest BCUT2D eigenvalue weighted by Gasteiger charge is 2.33. The molecule has 2 fully saturated rings. The predicted molar refractivity (Wildman–Crippen MR) is 111 cm³/mol. The molecular formula is C22H32N4O3. The molecule has 2 heterocycles. The molecule has 3 amide bonds. The first-order valence-corrected chi connectivity index (χ1v) is 10.6. The van der Waals surface area contributed by atoms with Crippen LogP contribution in [0.2, 0.25) is 0 Å². The minimum Gasteiger partial charge on any atom is -0.339 e.